The number of H-pyrrole nitrogens is 1. The maximum Gasteiger partial charge on any atom is 0.330 e. The van der Waals surface area contributed by atoms with Gasteiger partial charge in [0.25, 0.3) is 13.9 Å². The lowest BCUT2D eigenvalue weighted by molar-refractivity contribution is -0.00415. The fourth-order valence-electron chi connectivity index (χ4n) is 4.31. The van der Waals surface area contributed by atoms with Crippen molar-refractivity contribution in [3.63, 3.8) is 0 Å². The smallest absolute Gasteiger partial charge is 0.330 e. The van der Waals surface area contributed by atoms with Gasteiger partial charge in [-0.05, 0) is 15.4 Å². The Morgan fingerprint density at radius 1 is 1.09 bits per heavy atom. The van der Waals surface area contributed by atoms with Crippen LogP contribution in [0.1, 0.15) is 27.0 Å². The predicted octanol–water partition coefficient (Wildman–Crippen LogP) is 2.84. The lowest BCUT2D eigenvalue weighted by Gasteiger charge is -2.43. The Morgan fingerprint density at radius 3 is 2.21 bits per heavy atom. The van der Waals surface area contributed by atoms with Gasteiger partial charge in [-0.1, -0.05) is 81.4 Å². The van der Waals surface area contributed by atoms with Crippen LogP contribution in [-0.4, -0.2) is 35.7 Å². The third kappa shape index (κ3) is 4.63. The summed E-state index contributed by atoms with van der Waals surface area (Å²) in [5.41, 5.74) is -2.06. The minimum absolute atomic E-state index is 0.169. The van der Waals surface area contributed by atoms with Crippen molar-refractivity contribution in [1.29, 1.82) is 0 Å². The van der Waals surface area contributed by atoms with Crippen LogP contribution in [0.2, 0.25) is 5.04 Å². The van der Waals surface area contributed by atoms with Gasteiger partial charge >= 0.3 is 5.69 Å². The van der Waals surface area contributed by atoms with E-state index >= 15 is 0 Å². The number of thioether (sulfide) groups is 1. The van der Waals surface area contributed by atoms with E-state index in [1.807, 2.05) is 41.4 Å². The van der Waals surface area contributed by atoms with Gasteiger partial charge in [0, 0.05) is 5.75 Å². The molecule has 0 amide bonds. The molecule has 0 aliphatic carbocycles. The summed E-state index contributed by atoms with van der Waals surface area (Å²) >= 11 is 1.51. The van der Waals surface area contributed by atoms with Crippen molar-refractivity contribution in [2.24, 2.45) is 0 Å². The SMILES string of the molecule is CC(C)(C)[Si](OC[C@@H]1OC(n2cc(F)c(=O)[nH]c2=O)CS1)(c1ccccc1)c1ccccc1. The number of aromatic nitrogens is 2. The molecule has 9 heteroatoms. The quantitative estimate of drug-likeness (QED) is 0.543. The van der Waals surface area contributed by atoms with Crippen molar-refractivity contribution in [3.8, 4) is 0 Å². The zero-order valence-corrected chi connectivity index (χ0v) is 20.6. The van der Waals surface area contributed by atoms with Gasteiger partial charge in [-0.3, -0.25) is 14.3 Å². The van der Waals surface area contributed by atoms with Gasteiger partial charge in [0.15, 0.2) is 0 Å². The van der Waals surface area contributed by atoms with Crippen LogP contribution >= 0.6 is 11.8 Å². The first-order valence-electron chi connectivity index (χ1n) is 10.8. The molecule has 174 valence electrons. The number of hydrogen-bond acceptors (Lipinski definition) is 5. The Hall–Kier alpha value is -2.46. The van der Waals surface area contributed by atoms with Crippen molar-refractivity contribution in [2.75, 3.05) is 12.4 Å². The molecular weight excluding hydrogens is 459 g/mol. The summed E-state index contributed by atoms with van der Waals surface area (Å²) in [6, 6.07) is 20.6. The van der Waals surface area contributed by atoms with Gasteiger partial charge in [-0.25, -0.2) is 4.79 Å². The molecule has 1 aliphatic heterocycles. The van der Waals surface area contributed by atoms with E-state index in [0.717, 1.165) is 10.8 Å². The molecular formula is C24H27FN2O4SSi. The maximum absolute atomic E-state index is 13.7. The molecule has 1 fully saturated rings. The Kier molecular flexibility index (Phi) is 6.76. The topological polar surface area (TPSA) is 73.3 Å². The van der Waals surface area contributed by atoms with E-state index in [0.29, 0.717) is 12.4 Å². The number of rotatable bonds is 6. The number of nitrogens with one attached hydrogen (secondary N) is 1. The number of benzene rings is 2. The molecule has 1 aliphatic rings. The third-order valence-electron chi connectivity index (χ3n) is 5.82. The number of aromatic amines is 1. The van der Waals surface area contributed by atoms with Gasteiger partial charge < -0.3 is 9.16 Å². The normalized spacial score (nSPS) is 19.0. The third-order valence-corrected chi connectivity index (χ3v) is 11.9. The van der Waals surface area contributed by atoms with E-state index in [2.05, 4.69) is 45.0 Å². The summed E-state index contributed by atoms with van der Waals surface area (Å²) < 4.78 is 27.7. The maximum atomic E-state index is 13.7. The average Bonchev–Trinajstić information content (AvgIpc) is 3.26. The second-order valence-corrected chi connectivity index (χ2v) is 14.5. The number of ether oxygens (including phenoxy) is 1. The second-order valence-electron chi connectivity index (χ2n) is 8.97. The predicted molar refractivity (Wildman–Crippen MR) is 131 cm³/mol. The van der Waals surface area contributed by atoms with Crippen LogP contribution < -0.4 is 21.6 Å². The van der Waals surface area contributed by atoms with Crippen molar-refractivity contribution in [1.82, 2.24) is 9.55 Å². The summed E-state index contributed by atoms with van der Waals surface area (Å²) in [6.07, 6.45) is 0.221. The zero-order chi connectivity index (χ0) is 23.6. The molecule has 6 nitrogen and oxygen atoms in total. The van der Waals surface area contributed by atoms with Crippen molar-refractivity contribution in [3.05, 3.63) is 93.5 Å². The molecule has 33 heavy (non-hydrogen) atoms. The first-order chi connectivity index (χ1) is 15.7. The largest absolute Gasteiger partial charge is 0.404 e. The Balaban J connectivity index is 1.62. The van der Waals surface area contributed by atoms with Crippen LogP contribution in [0.25, 0.3) is 0 Å². The molecule has 0 radical (unpaired) electrons. The Bertz CT molecular complexity index is 1170. The molecule has 4 rings (SSSR count). The highest BCUT2D eigenvalue weighted by atomic mass is 32.2. The molecule has 1 saturated heterocycles. The zero-order valence-electron chi connectivity index (χ0n) is 18.8. The second kappa shape index (κ2) is 9.42. The molecule has 2 aromatic carbocycles. The van der Waals surface area contributed by atoms with Crippen molar-refractivity contribution in [2.45, 2.75) is 37.5 Å². The Morgan fingerprint density at radius 2 is 1.67 bits per heavy atom. The molecule has 1 N–H and O–H groups in total. The molecule has 2 atom stereocenters. The standard InChI is InChI=1S/C24H27FN2O4SSi/c1-24(2,3)33(17-10-6-4-7-11-17,18-12-8-5-9-13-18)30-15-21-31-20(16-32-21)27-14-19(25)22(28)26-23(27)29/h4-14,20-21H,15-16H2,1-3H3,(H,26,28,29)/t20?,21-/m1/s1. The van der Waals surface area contributed by atoms with Gasteiger partial charge in [-0.2, -0.15) is 4.39 Å². The summed E-state index contributed by atoms with van der Waals surface area (Å²) in [7, 11) is -2.71. The van der Waals surface area contributed by atoms with E-state index in [1.54, 1.807) is 0 Å². The lowest BCUT2D eigenvalue weighted by atomic mass is 10.2. The first kappa shape index (κ1) is 23.7. The van der Waals surface area contributed by atoms with Gasteiger partial charge in [-0.15, -0.1) is 11.8 Å². The summed E-state index contributed by atoms with van der Waals surface area (Å²) in [5.74, 6) is -0.574. The number of nitrogens with zero attached hydrogens (tertiary/aromatic N) is 1. The van der Waals surface area contributed by atoms with E-state index in [4.69, 9.17) is 9.16 Å². The van der Waals surface area contributed by atoms with Gasteiger partial charge in [0.05, 0.1) is 12.8 Å². The highest BCUT2D eigenvalue weighted by Gasteiger charge is 2.50. The van der Waals surface area contributed by atoms with E-state index in [-0.39, 0.29) is 10.5 Å². The molecule has 3 aromatic rings. The van der Waals surface area contributed by atoms with Crippen molar-refractivity contribution >= 4 is 30.5 Å². The highest BCUT2D eigenvalue weighted by Crippen LogP contribution is 2.38. The van der Waals surface area contributed by atoms with Crippen LogP contribution in [0.15, 0.2) is 76.4 Å². The van der Waals surface area contributed by atoms with Crippen LogP contribution in [0.3, 0.4) is 0 Å². The van der Waals surface area contributed by atoms with Crippen LogP contribution in [0.4, 0.5) is 4.39 Å². The summed E-state index contributed by atoms with van der Waals surface area (Å²) in [5, 5.41) is 2.17. The van der Waals surface area contributed by atoms with Gasteiger partial charge in [0.1, 0.15) is 11.7 Å². The summed E-state index contributed by atoms with van der Waals surface area (Å²) in [4.78, 5) is 25.5. The van der Waals surface area contributed by atoms with Crippen LogP contribution in [0.5, 0.6) is 0 Å². The minimum atomic E-state index is -2.71. The van der Waals surface area contributed by atoms with Crippen LogP contribution in [-0.2, 0) is 9.16 Å². The molecule has 0 bridgehead atoms. The summed E-state index contributed by atoms with van der Waals surface area (Å²) in [6.45, 7) is 6.92. The van der Waals surface area contributed by atoms with Crippen molar-refractivity contribution < 1.29 is 13.6 Å². The van der Waals surface area contributed by atoms with E-state index in [9.17, 15) is 14.0 Å². The monoisotopic (exact) mass is 486 g/mol. The fourth-order valence-corrected chi connectivity index (χ4v) is 9.97. The molecule has 1 unspecified atom stereocenters. The number of hydrogen-bond donors (Lipinski definition) is 1. The molecule has 1 aromatic heterocycles. The lowest BCUT2D eigenvalue weighted by Crippen LogP contribution is -2.67. The Labute approximate surface area is 196 Å². The van der Waals surface area contributed by atoms with E-state index < -0.39 is 31.6 Å². The molecule has 0 saturated carbocycles. The highest BCUT2D eigenvalue weighted by molar-refractivity contribution is 8.00. The number of halogens is 1. The van der Waals surface area contributed by atoms with Gasteiger partial charge in [0.2, 0.25) is 5.82 Å². The molecule has 2 heterocycles. The minimum Gasteiger partial charge on any atom is -0.404 e. The fraction of sp³-hybridized carbons (Fsp3) is 0.333. The van der Waals surface area contributed by atoms with E-state index in [1.165, 1.54) is 22.1 Å². The molecule has 0 spiro atoms. The average molecular weight is 487 g/mol. The van der Waals surface area contributed by atoms with Crippen LogP contribution in [0, 0.1) is 5.82 Å². The first-order valence-corrected chi connectivity index (χ1v) is 13.7.